The molecular formula is C14H10ClO2. The Labute approximate surface area is 104 Å². The number of phenols is 1. The van der Waals surface area contributed by atoms with Crippen LogP contribution in [0.5, 0.6) is 5.75 Å². The fraction of sp³-hybridized carbons (Fsp3) is 0.0714. The highest BCUT2D eigenvalue weighted by atomic mass is 35.5. The third-order valence-corrected chi connectivity index (χ3v) is 2.81. The maximum Gasteiger partial charge on any atom is 0.163 e. The summed E-state index contributed by atoms with van der Waals surface area (Å²) in [6, 6.07) is 13.1. The zero-order valence-corrected chi connectivity index (χ0v) is 9.95. The van der Waals surface area contributed by atoms with Crippen molar-refractivity contribution in [3.05, 3.63) is 53.1 Å². The number of hydrogen-bond acceptors (Lipinski definition) is 2. The molecule has 0 bridgehead atoms. The minimum atomic E-state index is -0.167. The van der Waals surface area contributed by atoms with E-state index >= 15 is 0 Å². The topological polar surface area (TPSA) is 37.3 Å². The molecule has 0 aromatic heterocycles. The van der Waals surface area contributed by atoms with Gasteiger partial charge in [-0.2, -0.15) is 0 Å². The second-order valence-corrected chi connectivity index (χ2v) is 4.06. The molecule has 0 heterocycles. The van der Waals surface area contributed by atoms with Gasteiger partial charge in [0.1, 0.15) is 5.75 Å². The lowest BCUT2D eigenvalue weighted by Gasteiger charge is -2.06. The Morgan fingerprint density at radius 3 is 2.71 bits per heavy atom. The van der Waals surface area contributed by atoms with Gasteiger partial charge in [0, 0.05) is 11.6 Å². The number of carbonyl (C=O) groups excluding carboxylic acids is 1. The van der Waals surface area contributed by atoms with Crippen molar-refractivity contribution in [1.29, 1.82) is 0 Å². The summed E-state index contributed by atoms with van der Waals surface area (Å²) in [5.74, 6) is -0.199. The van der Waals surface area contributed by atoms with Gasteiger partial charge in [0.05, 0.1) is 10.6 Å². The summed E-state index contributed by atoms with van der Waals surface area (Å²) in [5, 5.41) is 10.2. The number of phenolic OH excluding ortho intramolecular Hbond substituents is 1. The van der Waals surface area contributed by atoms with Crippen LogP contribution in [-0.2, 0) is 0 Å². The number of carbonyl (C=O) groups is 1. The Kier molecular flexibility index (Phi) is 3.16. The molecule has 3 heteroatoms. The van der Waals surface area contributed by atoms with Crippen LogP contribution >= 0.6 is 11.6 Å². The van der Waals surface area contributed by atoms with Crippen molar-refractivity contribution >= 4 is 17.4 Å². The van der Waals surface area contributed by atoms with E-state index in [0.717, 1.165) is 11.1 Å². The van der Waals surface area contributed by atoms with E-state index in [2.05, 4.69) is 6.07 Å². The molecule has 0 fully saturated rings. The molecule has 0 aliphatic heterocycles. The van der Waals surface area contributed by atoms with E-state index in [-0.39, 0.29) is 11.5 Å². The van der Waals surface area contributed by atoms with Gasteiger partial charge in [-0.15, -0.1) is 0 Å². The summed E-state index contributed by atoms with van der Waals surface area (Å²) in [5.41, 5.74) is 1.85. The summed E-state index contributed by atoms with van der Waals surface area (Å²) < 4.78 is 0. The summed E-state index contributed by atoms with van der Waals surface area (Å²) in [6.07, 6.45) is 0. The molecule has 0 saturated heterocycles. The van der Waals surface area contributed by atoms with Crippen molar-refractivity contribution in [2.75, 3.05) is 0 Å². The normalized spacial score (nSPS) is 10.2. The highest BCUT2D eigenvalue weighted by Crippen LogP contribution is 2.31. The average molecular weight is 246 g/mol. The first-order valence-electron chi connectivity index (χ1n) is 5.10. The summed E-state index contributed by atoms with van der Waals surface area (Å²) in [6.45, 7) is 1.41. The van der Waals surface area contributed by atoms with Gasteiger partial charge >= 0.3 is 0 Å². The summed E-state index contributed by atoms with van der Waals surface area (Å²) >= 11 is 6.01. The minimum absolute atomic E-state index is 0.0325. The number of ketones is 1. The summed E-state index contributed by atoms with van der Waals surface area (Å²) in [7, 11) is 0. The van der Waals surface area contributed by atoms with Crippen LogP contribution in [0.3, 0.4) is 0 Å². The smallest absolute Gasteiger partial charge is 0.163 e. The Balaban J connectivity index is 2.52. The lowest BCUT2D eigenvalue weighted by atomic mass is 10.0. The molecule has 2 aromatic carbocycles. The highest BCUT2D eigenvalue weighted by molar-refractivity contribution is 6.33. The lowest BCUT2D eigenvalue weighted by Crippen LogP contribution is -1.92. The van der Waals surface area contributed by atoms with Crippen LogP contribution in [-0.4, -0.2) is 10.9 Å². The first-order valence-corrected chi connectivity index (χ1v) is 5.48. The number of hydrogen-bond donors (Lipinski definition) is 1. The van der Waals surface area contributed by atoms with Crippen molar-refractivity contribution in [2.45, 2.75) is 6.92 Å². The minimum Gasteiger partial charge on any atom is -0.507 e. The third kappa shape index (κ3) is 2.32. The van der Waals surface area contributed by atoms with E-state index in [4.69, 9.17) is 11.6 Å². The van der Waals surface area contributed by atoms with Gasteiger partial charge in [-0.1, -0.05) is 35.9 Å². The lowest BCUT2D eigenvalue weighted by molar-refractivity contribution is 0.101. The average Bonchev–Trinajstić information content (AvgIpc) is 2.29. The van der Waals surface area contributed by atoms with E-state index in [0.29, 0.717) is 10.6 Å². The Hall–Kier alpha value is -1.80. The van der Waals surface area contributed by atoms with Crippen LogP contribution in [0.1, 0.15) is 17.3 Å². The van der Waals surface area contributed by atoms with Gasteiger partial charge in [-0.05, 0) is 24.6 Å². The number of aromatic hydroxyl groups is 1. The zero-order chi connectivity index (χ0) is 12.4. The molecule has 1 radical (unpaired) electrons. The molecule has 0 unspecified atom stereocenters. The highest BCUT2D eigenvalue weighted by Gasteiger charge is 2.09. The molecule has 1 N–H and O–H groups in total. The Bertz CT molecular complexity index is 576. The molecule has 0 atom stereocenters. The van der Waals surface area contributed by atoms with Crippen molar-refractivity contribution in [3.8, 4) is 16.9 Å². The molecule has 0 amide bonds. The van der Waals surface area contributed by atoms with Gasteiger partial charge in [-0.3, -0.25) is 4.79 Å². The molecule has 17 heavy (non-hydrogen) atoms. The van der Waals surface area contributed by atoms with Crippen LogP contribution in [0.4, 0.5) is 0 Å². The number of Topliss-reactive ketones (excluding diaryl/α,β-unsaturated/α-hetero) is 1. The molecule has 0 saturated carbocycles. The van der Waals surface area contributed by atoms with Gasteiger partial charge in [0.2, 0.25) is 0 Å². The maximum absolute atomic E-state index is 11.2. The largest absolute Gasteiger partial charge is 0.507 e. The second kappa shape index (κ2) is 4.60. The van der Waals surface area contributed by atoms with Crippen LogP contribution in [0.2, 0.25) is 5.02 Å². The van der Waals surface area contributed by atoms with E-state index in [1.807, 2.05) is 12.1 Å². The fourth-order valence-electron chi connectivity index (χ4n) is 1.64. The fourth-order valence-corrected chi connectivity index (χ4v) is 1.87. The van der Waals surface area contributed by atoms with E-state index in [9.17, 15) is 9.90 Å². The molecular weight excluding hydrogens is 236 g/mol. The first kappa shape index (κ1) is 11.7. The van der Waals surface area contributed by atoms with Crippen molar-refractivity contribution < 1.29 is 9.90 Å². The molecule has 0 aliphatic rings. The van der Waals surface area contributed by atoms with Crippen molar-refractivity contribution in [1.82, 2.24) is 0 Å². The maximum atomic E-state index is 11.2. The van der Waals surface area contributed by atoms with Crippen molar-refractivity contribution in [3.63, 3.8) is 0 Å². The predicted octanol–water partition coefficient (Wildman–Crippen LogP) is 3.72. The Morgan fingerprint density at radius 2 is 2.12 bits per heavy atom. The van der Waals surface area contributed by atoms with Gasteiger partial charge in [0.15, 0.2) is 5.78 Å². The number of halogens is 1. The first-order chi connectivity index (χ1) is 8.09. The molecule has 2 nitrogen and oxygen atoms in total. The number of rotatable bonds is 2. The van der Waals surface area contributed by atoms with E-state index < -0.39 is 0 Å². The van der Waals surface area contributed by atoms with E-state index in [1.54, 1.807) is 18.2 Å². The van der Waals surface area contributed by atoms with Crippen LogP contribution in [0.15, 0.2) is 36.4 Å². The van der Waals surface area contributed by atoms with Gasteiger partial charge in [-0.25, -0.2) is 0 Å². The van der Waals surface area contributed by atoms with Gasteiger partial charge in [0.25, 0.3) is 0 Å². The molecule has 85 valence electrons. The second-order valence-electron chi connectivity index (χ2n) is 3.69. The number of benzene rings is 2. The SMILES string of the molecule is CC(=O)c1ccc(-c2ccc[c]c2Cl)cc1O. The predicted molar refractivity (Wildman–Crippen MR) is 67.4 cm³/mol. The van der Waals surface area contributed by atoms with Crippen molar-refractivity contribution in [2.24, 2.45) is 0 Å². The molecule has 0 spiro atoms. The summed E-state index contributed by atoms with van der Waals surface area (Å²) in [4.78, 5) is 11.2. The quantitative estimate of drug-likeness (QED) is 0.819. The van der Waals surface area contributed by atoms with E-state index in [1.165, 1.54) is 13.0 Å². The third-order valence-electron chi connectivity index (χ3n) is 2.49. The van der Waals surface area contributed by atoms with Crippen LogP contribution < -0.4 is 0 Å². The standard InChI is InChI=1S/C14H10ClO2/c1-9(16)11-7-6-10(8-14(11)17)12-4-2-3-5-13(12)15/h2-4,6-8,17H,1H3. The Morgan fingerprint density at radius 1 is 1.35 bits per heavy atom. The zero-order valence-electron chi connectivity index (χ0n) is 9.20. The molecule has 2 aromatic rings. The monoisotopic (exact) mass is 245 g/mol. The molecule has 2 rings (SSSR count). The van der Waals surface area contributed by atoms with Gasteiger partial charge < -0.3 is 5.11 Å². The molecule has 0 aliphatic carbocycles. The van der Waals surface area contributed by atoms with Crippen LogP contribution in [0, 0.1) is 6.07 Å². The van der Waals surface area contributed by atoms with Crippen LogP contribution in [0.25, 0.3) is 11.1 Å².